The van der Waals surface area contributed by atoms with E-state index in [0.717, 1.165) is 12.8 Å². The van der Waals surface area contributed by atoms with Crippen LogP contribution in [0.25, 0.3) is 0 Å². The van der Waals surface area contributed by atoms with Crippen molar-refractivity contribution in [2.45, 2.75) is 19.3 Å². The number of amides is 2. The van der Waals surface area contributed by atoms with E-state index >= 15 is 0 Å². The minimum Gasteiger partial charge on any atom is -0.481 e. The van der Waals surface area contributed by atoms with E-state index in [1.807, 2.05) is 5.01 Å². The standard InChI is InChI=1S/C12H21N3O4/c16-11(17)8-10-2-1-3-14(9-10)12(18)13-15-4-6-19-7-5-15/h10H,1-9H2,(H,13,18)(H,16,17). The Kier molecular flexibility index (Phi) is 4.98. The summed E-state index contributed by atoms with van der Waals surface area (Å²) >= 11 is 0. The van der Waals surface area contributed by atoms with Crippen molar-refractivity contribution in [3.05, 3.63) is 0 Å². The van der Waals surface area contributed by atoms with Gasteiger partial charge in [-0.15, -0.1) is 0 Å². The molecule has 7 nitrogen and oxygen atoms in total. The van der Waals surface area contributed by atoms with Crippen LogP contribution in [0.1, 0.15) is 19.3 Å². The average Bonchev–Trinajstić information content (AvgIpc) is 2.39. The molecule has 2 aliphatic heterocycles. The van der Waals surface area contributed by atoms with E-state index in [2.05, 4.69) is 5.43 Å². The molecule has 2 rings (SSSR count). The van der Waals surface area contributed by atoms with Gasteiger partial charge in [0.05, 0.1) is 13.2 Å². The number of carbonyl (C=O) groups is 2. The maximum Gasteiger partial charge on any atom is 0.331 e. The van der Waals surface area contributed by atoms with Gasteiger partial charge in [0.1, 0.15) is 0 Å². The van der Waals surface area contributed by atoms with Crippen molar-refractivity contribution in [2.75, 3.05) is 39.4 Å². The van der Waals surface area contributed by atoms with Gasteiger partial charge in [-0.25, -0.2) is 9.80 Å². The zero-order chi connectivity index (χ0) is 13.7. The highest BCUT2D eigenvalue weighted by molar-refractivity contribution is 5.74. The Morgan fingerprint density at radius 2 is 2.00 bits per heavy atom. The number of hydrazine groups is 1. The lowest BCUT2D eigenvalue weighted by atomic mass is 9.95. The number of hydrogen-bond donors (Lipinski definition) is 2. The molecule has 2 amide bonds. The summed E-state index contributed by atoms with van der Waals surface area (Å²) < 4.78 is 5.22. The van der Waals surface area contributed by atoms with Gasteiger partial charge in [-0.05, 0) is 18.8 Å². The number of rotatable bonds is 3. The second-order valence-corrected chi connectivity index (χ2v) is 5.07. The number of carbonyl (C=O) groups excluding carboxylic acids is 1. The molecular formula is C12H21N3O4. The van der Waals surface area contributed by atoms with E-state index in [0.29, 0.717) is 39.4 Å². The molecule has 108 valence electrons. The first-order valence-electron chi connectivity index (χ1n) is 6.75. The monoisotopic (exact) mass is 271 g/mol. The second-order valence-electron chi connectivity index (χ2n) is 5.07. The molecule has 2 saturated heterocycles. The first-order chi connectivity index (χ1) is 9.15. The molecule has 0 bridgehead atoms. The van der Waals surface area contributed by atoms with E-state index in [-0.39, 0.29) is 18.4 Å². The third kappa shape index (κ3) is 4.36. The topological polar surface area (TPSA) is 82.1 Å². The first kappa shape index (κ1) is 14.1. The molecule has 0 aromatic rings. The van der Waals surface area contributed by atoms with Gasteiger partial charge >= 0.3 is 12.0 Å². The molecule has 19 heavy (non-hydrogen) atoms. The Bertz CT molecular complexity index is 331. The fourth-order valence-corrected chi connectivity index (χ4v) is 2.54. The van der Waals surface area contributed by atoms with E-state index in [1.54, 1.807) is 4.90 Å². The van der Waals surface area contributed by atoms with Crippen molar-refractivity contribution >= 4 is 12.0 Å². The number of nitrogens with one attached hydrogen (secondary N) is 1. The Morgan fingerprint density at radius 3 is 2.68 bits per heavy atom. The molecule has 0 aromatic heterocycles. The highest BCUT2D eigenvalue weighted by Crippen LogP contribution is 2.19. The van der Waals surface area contributed by atoms with Crippen LogP contribution in [0.4, 0.5) is 4.79 Å². The molecular weight excluding hydrogens is 250 g/mol. The lowest BCUT2D eigenvalue weighted by Crippen LogP contribution is -2.54. The molecule has 0 aliphatic carbocycles. The largest absolute Gasteiger partial charge is 0.481 e. The number of nitrogens with zero attached hydrogens (tertiary/aromatic N) is 2. The van der Waals surface area contributed by atoms with Crippen molar-refractivity contribution in [1.29, 1.82) is 0 Å². The van der Waals surface area contributed by atoms with Crippen LogP contribution in [0.2, 0.25) is 0 Å². The summed E-state index contributed by atoms with van der Waals surface area (Å²) in [4.78, 5) is 24.5. The highest BCUT2D eigenvalue weighted by atomic mass is 16.5. The summed E-state index contributed by atoms with van der Waals surface area (Å²) in [5.74, 6) is -0.720. The van der Waals surface area contributed by atoms with Gasteiger partial charge in [-0.3, -0.25) is 10.2 Å². The quantitative estimate of drug-likeness (QED) is 0.762. The average molecular weight is 271 g/mol. The number of morpholine rings is 1. The number of aliphatic carboxylic acids is 1. The van der Waals surface area contributed by atoms with Crippen LogP contribution < -0.4 is 5.43 Å². The molecule has 2 heterocycles. The summed E-state index contributed by atoms with van der Waals surface area (Å²) in [6, 6.07) is -0.128. The van der Waals surface area contributed by atoms with E-state index in [1.165, 1.54) is 0 Å². The number of hydrogen-bond acceptors (Lipinski definition) is 4. The zero-order valence-corrected chi connectivity index (χ0v) is 11.0. The van der Waals surface area contributed by atoms with Crippen LogP contribution in [0.5, 0.6) is 0 Å². The maximum absolute atomic E-state index is 12.1. The van der Waals surface area contributed by atoms with Gasteiger partial charge in [0.2, 0.25) is 0 Å². The van der Waals surface area contributed by atoms with Crippen molar-refractivity contribution in [2.24, 2.45) is 5.92 Å². The Hall–Kier alpha value is -1.34. The van der Waals surface area contributed by atoms with Crippen LogP contribution in [0.15, 0.2) is 0 Å². The summed E-state index contributed by atoms with van der Waals surface area (Å²) in [5.41, 5.74) is 2.86. The number of ether oxygens (including phenoxy) is 1. The lowest BCUT2D eigenvalue weighted by Gasteiger charge is -2.35. The molecule has 0 spiro atoms. The minimum absolute atomic E-state index is 0.0710. The smallest absolute Gasteiger partial charge is 0.331 e. The van der Waals surface area contributed by atoms with Crippen molar-refractivity contribution in [1.82, 2.24) is 15.3 Å². The van der Waals surface area contributed by atoms with Crippen molar-refractivity contribution in [3.63, 3.8) is 0 Å². The molecule has 0 radical (unpaired) electrons. The van der Waals surface area contributed by atoms with E-state index < -0.39 is 5.97 Å². The van der Waals surface area contributed by atoms with Gasteiger partial charge in [0, 0.05) is 32.6 Å². The minimum atomic E-state index is -0.791. The number of urea groups is 1. The van der Waals surface area contributed by atoms with Gasteiger partial charge in [-0.2, -0.15) is 0 Å². The fourth-order valence-electron chi connectivity index (χ4n) is 2.54. The Labute approximate surface area is 112 Å². The fraction of sp³-hybridized carbons (Fsp3) is 0.833. The predicted molar refractivity (Wildman–Crippen MR) is 67.5 cm³/mol. The molecule has 2 aliphatic rings. The number of carboxylic acids is 1. The highest BCUT2D eigenvalue weighted by Gasteiger charge is 2.26. The van der Waals surface area contributed by atoms with Crippen LogP contribution >= 0.6 is 0 Å². The number of likely N-dealkylation sites (tertiary alicyclic amines) is 1. The molecule has 2 N–H and O–H groups in total. The van der Waals surface area contributed by atoms with Crippen LogP contribution in [-0.4, -0.2) is 66.4 Å². The van der Waals surface area contributed by atoms with Crippen molar-refractivity contribution < 1.29 is 19.4 Å². The third-order valence-electron chi connectivity index (χ3n) is 3.53. The summed E-state index contributed by atoms with van der Waals surface area (Å²) in [5, 5.41) is 10.7. The summed E-state index contributed by atoms with van der Waals surface area (Å²) in [6.45, 7) is 3.87. The van der Waals surface area contributed by atoms with Crippen molar-refractivity contribution in [3.8, 4) is 0 Å². The Balaban J connectivity index is 1.79. The molecule has 1 unspecified atom stereocenters. The van der Waals surface area contributed by atoms with Gasteiger partial charge < -0.3 is 14.7 Å². The molecule has 2 fully saturated rings. The summed E-state index contributed by atoms with van der Waals surface area (Å²) in [6.07, 6.45) is 1.89. The lowest BCUT2D eigenvalue weighted by molar-refractivity contribution is -0.138. The Morgan fingerprint density at radius 1 is 1.26 bits per heavy atom. The molecule has 0 aromatic carbocycles. The van der Waals surface area contributed by atoms with E-state index in [4.69, 9.17) is 9.84 Å². The van der Waals surface area contributed by atoms with Crippen LogP contribution in [-0.2, 0) is 9.53 Å². The summed E-state index contributed by atoms with van der Waals surface area (Å²) in [7, 11) is 0. The van der Waals surface area contributed by atoms with E-state index in [9.17, 15) is 9.59 Å². The van der Waals surface area contributed by atoms with Gasteiger partial charge in [-0.1, -0.05) is 0 Å². The second kappa shape index (κ2) is 6.72. The first-order valence-corrected chi connectivity index (χ1v) is 6.75. The number of piperidine rings is 1. The normalized spacial score (nSPS) is 25.1. The zero-order valence-electron chi connectivity index (χ0n) is 11.0. The van der Waals surface area contributed by atoms with Gasteiger partial charge in [0.25, 0.3) is 0 Å². The molecule has 1 atom stereocenters. The van der Waals surface area contributed by atoms with Gasteiger partial charge in [0.15, 0.2) is 0 Å². The molecule has 0 saturated carbocycles. The number of carboxylic acid groups (broad SMARTS) is 1. The molecule has 7 heteroatoms. The van der Waals surface area contributed by atoms with Crippen LogP contribution in [0, 0.1) is 5.92 Å². The van der Waals surface area contributed by atoms with Crippen LogP contribution in [0.3, 0.4) is 0 Å². The maximum atomic E-state index is 12.1. The SMILES string of the molecule is O=C(O)CC1CCCN(C(=O)NN2CCOCC2)C1. The predicted octanol–water partition coefficient (Wildman–Crippen LogP) is 0.130. The third-order valence-corrected chi connectivity index (χ3v) is 3.53.